The van der Waals surface area contributed by atoms with Crippen LogP contribution in [0.1, 0.15) is 5.56 Å². The fourth-order valence-corrected chi connectivity index (χ4v) is 2.57. The number of halogens is 2. The van der Waals surface area contributed by atoms with E-state index in [1.165, 1.54) is 24.3 Å². The van der Waals surface area contributed by atoms with Crippen molar-refractivity contribution in [2.75, 3.05) is 0 Å². The first kappa shape index (κ1) is 13.6. The van der Waals surface area contributed by atoms with Crippen LogP contribution in [0.25, 0.3) is 10.9 Å². The number of nitro groups is 1. The highest BCUT2D eigenvalue weighted by molar-refractivity contribution is 6.31. The number of fused-ring (bicyclic) bond motifs is 1. The van der Waals surface area contributed by atoms with Crippen molar-refractivity contribution in [1.82, 2.24) is 4.57 Å². The van der Waals surface area contributed by atoms with Crippen molar-refractivity contribution < 1.29 is 9.31 Å². The molecule has 0 radical (unpaired) electrons. The number of nitro benzene ring substituents is 1. The third-order valence-corrected chi connectivity index (χ3v) is 3.71. The van der Waals surface area contributed by atoms with Crippen LogP contribution in [0.15, 0.2) is 48.7 Å². The standard InChI is InChI=1S/C15H10ClFN2O2/c16-13-2-1-3-14(19(20)21)12(13)9-18-7-6-10-4-5-11(17)8-15(10)18/h1-8H,9H2. The molecule has 0 N–H and O–H groups in total. The van der Waals surface area contributed by atoms with Crippen LogP contribution in [0.5, 0.6) is 0 Å². The molecule has 0 spiro atoms. The van der Waals surface area contributed by atoms with Crippen molar-refractivity contribution in [2.45, 2.75) is 6.54 Å². The molecule has 0 saturated heterocycles. The SMILES string of the molecule is O=[N+]([O-])c1cccc(Cl)c1Cn1ccc2ccc(F)cc21. The Morgan fingerprint density at radius 2 is 2.05 bits per heavy atom. The first-order valence-electron chi connectivity index (χ1n) is 6.22. The van der Waals surface area contributed by atoms with Gasteiger partial charge in [-0.3, -0.25) is 10.1 Å². The van der Waals surface area contributed by atoms with Crippen LogP contribution in [0.3, 0.4) is 0 Å². The van der Waals surface area contributed by atoms with Crippen molar-refractivity contribution >= 4 is 28.2 Å². The van der Waals surface area contributed by atoms with E-state index in [0.717, 1.165) is 5.39 Å². The maximum Gasteiger partial charge on any atom is 0.275 e. The van der Waals surface area contributed by atoms with E-state index in [1.807, 2.05) is 6.07 Å². The van der Waals surface area contributed by atoms with E-state index < -0.39 is 4.92 Å². The minimum atomic E-state index is -0.465. The monoisotopic (exact) mass is 304 g/mol. The third kappa shape index (κ3) is 2.48. The van der Waals surface area contributed by atoms with E-state index in [9.17, 15) is 14.5 Å². The highest BCUT2D eigenvalue weighted by Crippen LogP contribution is 2.28. The van der Waals surface area contributed by atoms with Crippen molar-refractivity contribution in [1.29, 1.82) is 0 Å². The Hall–Kier alpha value is -2.40. The molecule has 4 nitrogen and oxygen atoms in total. The Morgan fingerprint density at radius 1 is 1.24 bits per heavy atom. The lowest BCUT2D eigenvalue weighted by molar-refractivity contribution is -0.385. The van der Waals surface area contributed by atoms with Gasteiger partial charge in [-0.15, -0.1) is 0 Å². The van der Waals surface area contributed by atoms with E-state index in [4.69, 9.17) is 11.6 Å². The van der Waals surface area contributed by atoms with Gasteiger partial charge in [-0.05, 0) is 35.7 Å². The number of hydrogen-bond acceptors (Lipinski definition) is 2. The zero-order chi connectivity index (χ0) is 15.0. The fourth-order valence-electron chi connectivity index (χ4n) is 2.34. The molecule has 0 aliphatic heterocycles. The van der Waals surface area contributed by atoms with Gasteiger partial charge in [-0.25, -0.2) is 4.39 Å². The molecular weight excluding hydrogens is 295 g/mol. The molecule has 0 amide bonds. The predicted octanol–water partition coefficient (Wildman–Crippen LogP) is 4.39. The molecule has 2 aromatic carbocycles. The Morgan fingerprint density at radius 3 is 2.81 bits per heavy atom. The van der Waals surface area contributed by atoms with Crippen LogP contribution in [-0.4, -0.2) is 9.49 Å². The Labute approximate surface area is 124 Å². The van der Waals surface area contributed by atoms with Crippen LogP contribution >= 0.6 is 11.6 Å². The molecule has 0 saturated carbocycles. The largest absolute Gasteiger partial charge is 0.343 e. The average molecular weight is 305 g/mol. The van der Waals surface area contributed by atoms with Gasteiger partial charge in [0, 0.05) is 12.3 Å². The first-order chi connectivity index (χ1) is 10.1. The molecule has 0 aliphatic rings. The number of nitrogens with zero attached hydrogens (tertiary/aromatic N) is 2. The first-order valence-corrected chi connectivity index (χ1v) is 6.60. The molecule has 3 rings (SSSR count). The molecule has 21 heavy (non-hydrogen) atoms. The van der Waals surface area contributed by atoms with Crippen molar-refractivity contribution in [3.63, 3.8) is 0 Å². The summed E-state index contributed by atoms with van der Waals surface area (Å²) in [5.41, 5.74) is 1.04. The molecule has 0 atom stereocenters. The number of benzene rings is 2. The van der Waals surface area contributed by atoms with E-state index in [1.54, 1.807) is 22.9 Å². The molecule has 6 heteroatoms. The summed E-state index contributed by atoms with van der Waals surface area (Å²) >= 11 is 6.08. The summed E-state index contributed by atoms with van der Waals surface area (Å²) in [6.07, 6.45) is 1.76. The minimum absolute atomic E-state index is 0.0410. The van der Waals surface area contributed by atoms with Gasteiger partial charge in [0.1, 0.15) is 5.82 Å². The van der Waals surface area contributed by atoms with Gasteiger partial charge in [0.2, 0.25) is 0 Å². The van der Waals surface area contributed by atoms with Gasteiger partial charge in [0.05, 0.1) is 27.6 Å². The molecular formula is C15H10ClFN2O2. The zero-order valence-corrected chi connectivity index (χ0v) is 11.5. The van der Waals surface area contributed by atoms with E-state index in [0.29, 0.717) is 16.1 Å². The Kier molecular flexibility index (Phi) is 3.35. The maximum absolute atomic E-state index is 13.4. The fraction of sp³-hybridized carbons (Fsp3) is 0.0667. The van der Waals surface area contributed by atoms with E-state index in [-0.39, 0.29) is 18.0 Å². The van der Waals surface area contributed by atoms with Crippen LogP contribution < -0.4 is 0 Å². The molecule has 0 aliphatic carbocycles. The quantitative estimate of drug-likeness (QED) is 0.532. The Balaban J connectivity index is 2.11. The second kappa shape index (κ2) is 5.18. The van der Waals surface area contributed by atoms with Gasteiger partial charge in [-0.2, -0.15) is 0 Å². The number of rotatable bonds is 3. The molecule has 106 valence electrons. The van der Waals surface area contributed by atoms with Gasteiger partial charge >= 0.3 is 0 Å². The summed E-state index contributed by atoms with van der Waals surface area (Å²) in [4.78, 5) is 10.6. The van der Waals surface area contributed by atoms with E-state index in [2.05, 4.69) is 0 Å². The summed E-state index contributed by atoms with van der Waals surface area (Å²) in [5, 5.41) is 12.3. The lowest BCUT2D eigenvalue weighted by Gasteiger charge is -2.08. The maximum atomic E-state index is 13.4. The van der Waals surface area contributed by atoms with Gasteiger partial charge in [0.25, 0.3) is 5.69 Å². The Bertz CT molecular complexity index is 845. The zero-order valence-electron chi connectivity index (χ0n) is 10.8. The molecule has 1 aromatic heterocycles. The summed E-state index contributed by atoms with van der Waals surface area (Å²) in [5.74, 6) is -0.351. The summed E-state index contributed by atoms with van der Waals surface area (Å²) < 4.78 is 15.1. The van der Waals surface area contributed by atoms with E-state index >= 15 is 0 Å². The minimum Gasteiger partial charge on any atom is -0.343 e. The van der Waals surface area contributed by atoms with Crippen molar-refractivity contribution in [3.05, 3.63) is 75.2 Å². The lowest BCUT2D eigenvalue weighted by atomic mass is 10.1. The third-order valence-electron chi connectivity index (χ3n) is 3.36. The highest BCUT2D eigenvalue weighted by Gasteiger charge is 2.17. The van der Waals surface area contributed by atoms with Crippen LogP contribution in [-0.2, 0) is 6.54 Å². The van der Waals surface area contributed by atoms with Crippen LogP contribution in [0, 0.1) is 15.9 Å². The summed E-state index contributed by atoms with van der Waals surface area (Å²) in [7, 11) is 0. The van der Waals surface area contributed by atoms with Gasteiger partial charge in [-0.1, -0.05) is 17.7 Å². The second-order valence-corrected chi connectivity index (χ2v) is 5.05. The topological polar surface area (TPSA) is 48.1 Å². The smallest absolute Gasteiger partial charge is 0.275 e. The lowest BCUT2D eigenvalue weighted by Crippen LogP contribution is -2.03. The molecule has 0 fully saturated rings. The number of hydrogen-bond donors (Lipinski definition) is 0. The number of aromatic nitrogens is 1. The van der Waals surface area contributed by atoms with Crippen molar-refractivity contribution in [3.8, 4) is 0 Å². The highest BCUT2D eigenvalue weighted by atomic mass is 35.5. The molecule has 0 unspecified atom stereocenters. The predicted molar refractivity (Wildman–Crippen MR) is 79.1 cm³/mol. The molecule has 0 bridgehead atoms. The van der Waals surface area contributed by atoms with Gasteiger partial charge < -0.3 is 4.57 Å². The second-order valence-electron chi connectivity index (χ2n) is 4.64. The van der Waals surface area contributed by atoms with Gasteiger partial charge in [0.15, 0.2) is 0 Å². The summed E-state index contributed by atoms with van der Waals surface area (Å²) in [6.45, 7) is 0.211. The van der Waals surface area contributed by atoms with Crippen LogP contribution in [0.4, 0.5) is 10.1 Å². The molecule has 3 aromatic rings. The van der Waals surface area contributed by atoms with Crippen molar-refractivity contribution in [2.24, 2.45) is 0 Å². The average Bonchev–Trinajstić information content (AvgIpc) is 2.83. The van der Waals surface area contributed by atoms with Crippen LogP contribution in [0.2, 0.25) is 5.02 Å². The summed E-state index contributed by atoms with van der Waals surface area (Å²) in [6, 6.07) is 10.8. The normalized spacial score (nSPS) is 11.0. The molecule has 1 heterocycles.